The van der Waals surface area contributed by atoms with Crippen LogP contribution in [0.4, 0.5) is 11.4 Å². The third kappa shape index (κ3) is 3.87. The largest absolute Gasteiger partial charge is 0.306 e. The number of aromatic nitrogens is 2. The summed E-state index contributed by atoms with van der Waals surface area (Å²) < 4.78 is 30.4. The standard InChI is InChI=1S/C24H20N4O4S/c1-16-4-3-13-27-15-21(25-24(16)27)17-5-2-6-18(14-17)26-33(31,32)20-9-7-19(8-10-20)28-22(29)11-12-23(28)30/h2-10,13-15,26H,11-12H2,1H3. The number of pyridine rings is 1. The van der Waals surface area contributed by atoms with Crippen LogP contribution in [0.1, 0.15) is 18.4 Å². The van der Waals surface area contributed by atoms with Gasteiger partial charge in [-0.1, -0.05) is 18.2 Å². The number of aryl methyl sites for hydroxylation is 1. The molecule has 8 nitrogen and oxygen atoms in total. The molecule has 2 amide bonds. The first kappa shape index (κ1) is 20.9. The number of hydrogen-bond donors (Lipinski definition) is 1. The summed E-state index contributed by atoms with van der Waals surface area (Å²) in [5, 5.41) is 0. The van der Waals surface area contributed by atoms with Crippen molar-refractivity contribution in [1.29, 1.82) is 0 Å². The zero-order valence-corrected chi connectivity index (χ0v) is 18.5. The number of rotatable bonds is 5. The Bertz CT molecular complexity index is 1490. The normalized spacial score (nSPS) is 14.3. The fraction of sp³-hybridized carbons (Fsp3) is 0.125. The summed E-state index contributed by atoms with van der Waals surface area (Å²) in [6.45, 7) is 1.98. The molecule has 0 bridgehead atoms. The van der Waals surface area contributed by atoms with E-state index in [-0.39, 0.29) is 29.6 Å². The highest BCUT2D eigenvalue weighted by Gasteiger charge is 2.30. The van der Waals surface area contributed by atoms with E-state index < -0.39 is 10.0 Å². The molecular formula is C24H20N4O4S. The third-order valence-electron chi connectivity index (χ3n) is 5.55. The van der Waals surface area contributed by atoms with Crippen LogP contribution in [0.15, 0.2) is 78.0 Å². The minimum absolute atomic E-state index is 0.0269. The molecule has 0 saturated carbocycles. The van der Waals surface area contributed by atoms with Crippen molar-refractivity contribution in [1.82, 2.24) is 9.38 Å². The van der Waals surface area contributed by atoms with Crippen LogP contribution in [0.2, 0.25) is 0 Å². The lowest BCUT2D eigenvalue weighted by Gasteiger charge is -2.14. The minimum Gasteiger partial charge on any atom is -0.306 e. The average Bonchev–Trinajstić information content (AvgIpc) is 3.38. The van der Waals surface area contributed by atoms with Gasteiger partial charge in [0.25, 0.3) is 10.0 Å². The van der Waals surface area contributed by atoms with Crippen molar-refractivity contribution >= 4 is 38.9 Å². The molecule has 5 rings (SSSR count). The Balaban J connectivity index is 1.40. The maximum Gasteiger partial charge on any atom is 0.261 e. The highest BCUT2D eigenvalue weighted by molar-refractivity contribution is 7.92. The molecule has 0 radical (unpaired) electrons. The number of nitrogens with one attached hydrogen (secondary N) is 1. The van der Waals surface area contributed by atoms with Crippen LogP contribution in [0.25, 0.3) is 16.9 Å². The molecule has 2 aromatic heterocycles. The van der Waals surface area contributed by atoms with Crippen molar-refractivity contribution in [2.45, 2.75) is 24.7 Å². The molecule has 0 spiro atoms. The number of amides is 2. The van der Waals surface area contributed by atoms with E-state index in [1.165, 1.54) is 24.3 Å². The molecule has 33 heavy (non-hydrogen) atoms. The minimum atomic E-state index is -3.87. The Hall–Kier alpha value is -3.98. The van der Waals surface area contributed by atoms with Gasteiger partial charge in [-0.15, -0.1) is 0 Å². The summed E-state index contributed by atoms with van der Waals surface area (Å²) in [6, 6.07) is 16.6. The second kappa shape index (κ2) is 7.86. The Labute approximate surface area is 190 Å². The van der Waals surface area contributed by atoms with Crippen molar-refractivity contribution in [2.24, 2.45) is 0 Å². The molecule has 1 fully saturated rings. The van der Waals surface area contributed by atoms with Gasteiger partial charge in [-0.3, -0.25) is 19.2 Å². The number of imide groups is 1. The Morgan fingerprint density at radius 2 is 1.67 bits per heavy atom. The molecule has 0 aliphatic carbocycles. The van der Waals surface area contributed by atoms with Crippen LogP contribution in [0.3, 0.4) is 0 Å². The first-order valence-corrected chi connectivity index (χ1v) is 11.8. The molecule has 4 aromatic rings. The van der Waals surface area contributed by atoms with Gasteiger partial charge in [-0.05, 0) is 55.0 Å². The second-order valence-corrected chi connectivity index (χ2v) is 9.53. The Kier molecular flexibility index (Phi) is 4.98. The highest BCUT2D eigenvalue weighted by atomic mass is 32.2. The summed E-state index contributed by atoms with van der Waals surface area (Å²) in [7, 11) is -3.87. The first-order valence-electron chi connectivity index (χ1n) is 10.4. The molecule has 0 atom stereocenters. The van der Waals surface area contributed by atoms with Gasteiger partial charge < -0.3 is 4.40 Å². The molecular weight excluding hydrogens is 440 g/mol. The molecule has 9 heteroatoms. The fourth-order valence-corrected chi connectivity index (χ4v) is 4.94. The quantitative estimate of drug-likeness (QED) is 0.457. The Morgan fingerprint density at radius 3 is 2.36 bits per heavy atom. The van der Waals surface area contributed by atoms with Crippen molar-refractivity contribution in [3.05, 3.63) is 78.6 Å². The number of nitrogens with zero attached hydrogens (tertiary/aromatic N) is 3. The van der Waals surface area contributed by atoms with Crippen LogP contribution in [0, 0.1) is 6.92 Å². The summed E-state index contributed by atoms with van der Waals surface area (Å²) in [5.74, 6) is -0.569. The zero-order valence-electron chi connectivity index (χ0n) is 17.7. The van der Waals surface area contributed by atoms with Gasteiger partial charge in [0, 0.05) is 36.5 Å². The molecule has 3 heterocycles. The number of carbonyl (C=O) groups excluding carboxylic acids is 2. The highest BCUT2D eigenvalue weighted by Crippen LogP contribution is 2.27. The maximum absolute atomic E-state index is 12.9. The van der Waals surface area contributed by atoms with E-state index in [9.17, 15) is 18.0 Å². The second-order valence-electron chi connectivity index (χ2n) is 7.85. The average molecular weight is 461 g/mol. The van der Waals surface area contributed by atoms with Crippen LogP contribution in [-0.2, 0) is 19.6 Å². The maximum atomic E-state index is 12.9. The van der Waals surface area contributed by atoms with Gasteiger partial charge >= 0.3 is 0 Å². The van der Waals surface area contributed by atoms with Gasteiger partial charge in [0.2, 0.25) is 11.8 Å². The van der Waals surface area contributed by atoms with E-state index in [1.807, 2.05) is 41.9 Å². The number of fused-ring (bicyclic) bond motifs is 1. The van der Waals surface area contributed by atoms with Crippen molar-refractivity contribution in [3.63, 3.8) is 0 Å². The molecule has 1 aliphatic rings. The zero-order chi connectivity index (χ0) is 23.2. The number of hydrogen-bond acceptors (Lipinski definition) is 5. The smallest absolute Gasteiger partial charge is 0.261 e. The number of anilines is 2. The van der Waals surface area contributed by atoms with Crippen molar-refractivity contribution in [2.75, 3.05) is 9.62 Å². The van der Waals surface area contributed by atoms with Crippen LogP contribution >= 0.6 is 0 Å². The van der Waals surface area contributed by atoms with Crippen molar-refractivity contribution < 1.29 is 18.0 Å². The number of benzene rings is 2. The summed E-state index contributed by atoms with van der Waals surface area (Å²) in [5.41, 5.74) is 4.16. The summed E-state index contributed by atoms with van der Waals surface area (Å²) in [6.07, 6.45) is 4.15. The van der Waals surface area contributed by atoms with Crippen molar-refractivity contribution in [3.8, 4) is 11.3 Å². The van der Waals surface area contributed by atoms with E-state index in [4.69, 9.17) is 0 Å². The van der Waals surface area contributed by atoms with E-state index in [0.717, 1.165) is 27.4 Å². The number of imidazole rings is 1. The molecule has 1 aliphatic heterocycles. The fourth-order valence-electron chi connectivity index (χ4n) is 3.89. The molecule has 1 saturated heterocycles. The van der Waals surface area contributed by atoms with E-state index in [1.54, 1.807) is 18.2 Å². The SMILES string of the molecule is Cc1cccn2cc(-c3cccc(NS(=O)(=O)c4ccc(N5C(=O)CCC5=O)cc4)c3)nc12. The van der Waals surface area contributed by atoms with E-state index >= 15 is 0 Å². The van der Waals surface area contributed by atoms with Crippen LogP contribution in [0.5, 0.6) is 0 Å². The van der Waals surface area contributed by atoms with Gasteiger partial charge in [0.05, 0.1) is 16.3 Å². The summed E-state index contributed by atoms with van der Waals surface area (Å²) in [4.78, 5) is 29.6. The topological polar surface area (TPSA) is 101 Å². The van der Waals surface area contributed by atoms with Gasteiger partial charge in [0.15, 0.2) is 0 Å². The molecule has 0 unspecified atom stereocenters. The molecule has 166 valence electrons. The Morgan fingerprint density at radius 1 is 0.939 bits per heavy atom. The number of sulfonamides is 1. The lowest BCUT2D eigenvalue weighted by Crippen LogP contribution is -2.28. The monoisotopic (exact) mass is 460 g/mol. The van der Waals surface area contributed by atoms with Crippen LogP contribution in [-0.4, -0.2) is 29.6 Å². The summed E-state index contributed by atoms with van der Waals surface area (Å²) >= 11 is 0. The number of carbonyl (C=O) groups is 2. The van der Waals surface area contributed by atoms with Crippen LogP contribution < -0.4 is 9.62 Å². The third-order valence-corrected chi connectivity index (χ3v) is 6.94. The van der Waals surface area contributed by atoms with Gasteiger partial charge in [0.1, 0.15) is 5.65 Å². The van der Waals surface area contributed by atoms with E-state index in [2.05, 4.69) is 9.71 Å². The molecule has 2 aromatic carbocycles. The van der Waals surface area contributed by atoms with Gasteiger partial charge in [-0.2, -0.15) is 0 Å². The van der Waals surface area contributed by atoms with E-state index in [0.29, 0.717) is 11.4 Å². The lowest BCUT2D eigenvalue weighted by atomic mass is 10.1. The first-order chi connectivity index (χ1) is 15.8. The predicted molar refractivity (Wildman–Crippen MR) is 124 cm³/mol. The molecule has 1 N–H and O–H groups in total. The predicted octanol–water partition coefficient (Wildman–Crippen LogP) is 3.76. The van der Waals surface area contributed by atoms with Gasteiger partial charge in [-0.25, -0.2) is 13.4 Å². The lowest BCUT2D eigenvalue weighted by molar-refractivity contribution is -0.121.